The summed E-state index contributed by atoms with van der Waals surface area (Å²) in [5, 5.41) is 8.92. The second kappa shape index (κ2) is 6.06. The third kappa shape index (κ3) is 2.28. The third-order valence-corrected chi connectivity index (χ3v) is 4.18. The largest absolute Gasteiger partial charge is 0.468 e. The number of piperidine rings is 1. The molecule has 0 bridgehead atoms. The maximum absolute atomic E-state index is 12.9. The lowest BCUT2D eigenvalue weighted by Crippen LogP contribution is -2.60. The van der Waals surface area contributed by atoms with Gasteiger partial charge in [-0.3, -0.25) is 9.59 Å². The smallest absolute Gasteiger partial charge is 0.324 e. The van der Waals surface area contributed by atoms with Gasteiger partial charge in [-0.2, -0.15) is 10.1 Å². The molecule has 0 aliphatic carbocycles. The fraction of sp³-hybridized carbons (Fsp3) is 0.400. The molecule has 7 heteroatoms. The third-order valence-electron chi connectivity index (χ3n) is 4.18. The van der Waals surface area contributed by atoms with E-state index in [4.69, 9.17) is 4.74 Å². The van der Waals surface area contributed by atoms with Gasteiger partial charge in [-0.05, 0) is 19.1 Å². The number of para-hydroxylation sites is 1. The Morgan fingerprint density at radius 2 is 2.09 bits per heavy atom. The minimum absolute atomic E-state index is 0. The number of anilines is 1. The van der Waals surface area contributed by atoms with Gasteiger partial charge in [0.1, 0.15) is 11.5 Å². The molecule has 2 heterocycles. The fourth-order valence-electron chi connectivity index (χ4n) is 2.93. The van der Waals surface area contributed by atoms with Crippen molar-refractivity contribution in [1.82, 2.24) is 5.32 Å². The van der Waals surface area contributed by atoms with Crippen LogP contribution in [0.2, 0.25) is 0 Å². The highest BCUT2D eigenvalue weighted by Crippen LogP contribution is 2.38. The zero-order valence-electron chi connectivity index (χ0n) is 12.4. The zero-order chi connectivity index (χ0) is 15.0. The van der Waals surface area contributed by atoms with E-state index in [0.29, 0.717) is 18.7 Å². The van der Waals surface area contributed by atoms with E-state index in [1.807, 2.05) is 30.3 Å². The number of methoxy groups -OCH3 is 1. The van der Waals surface area contributed by atoms with Crippen molar-refractivity contribution < 1.29 is 14.3 Å². The average Bonchev–Trinajstić information content (AvgIpc) is 2.79. The second-order valence-electron chi connectivity index (χ2n) is 5.36. The molecule has 1 aromatic carbocycles. The summed E-state index contributed by atoms with van der Waals surface area (Å²) in [7, 11) is 1.33. The molecule has 6 nitrogen and oxygen atoms in total. The molecule has 1 N–H and O–H groups in total. The van der Waals surface area contributed by atoms with Crippen LogP contribution in [0.3, 0.4) is 0 Å². The molecule has 0 spiro atoms. The Morgan fingerprint density at radius 3 is 2.73 bits per heavy atom. The van der Waals surface area contributed by atoms with Crippen LogP contribution in [0.15, 0.2) is 35.4 Å². The van der Waals surface area contributed by atoms with Gasteiger partial charge in [0.05, 0.1) is 18.5 Å². The number of fused-ring (bicyclic) bond motifs is 1. The van der Waals surface area contributed by atoms with E-state index in [0.717, 1.165) is 5.71 Å². The van der Waals surface area contributed by atoms with Crippen LogP contribution in [0.5, 0.6) is 0 Å². The number of nitrogens with one attached hydrogen (secondary N) is 1. The Balaban J connectivity index is 0.00000176. The van der Waals surface area contributed by atoms with E-state index in [2.05, 4.69) is 10.4 Å². The molecular formula is C15H18ClN3O3. The Labute approximate surface area is 134 Å². The summed E-state index contributed by atoms with van der Waals surface area (Å²) in [5.74, 6) is -0.639. The van der Waals surface area contributed by atoms with E-state index in [1.165, 1.54) is 12.1 Å². The molecule has 2 aliphatic rings. The number of carbonyl (C=O) groups is 2. The van der Waals surface area contributed by atoms with Gasteiger partial charge in [-0.15, -0.1) is 12.4 Å². The van der Waals surface area contributed by atoms with Crippen LogP contribution in [0.25, 0.3) is 0 Å². The van der Waals surface area contributed by atoms with E-state index < -0.39 is 17.4 Å². The lowest BCUT2D eigenvalue weighted by Gasteiger charge is -2.35. The number of carbonyl (C=O) groups excluding carboxylic acids is 2. The first-order chi connectivity index (χ1) is 10.1. The lowest BCUT2D eigenvalue weighted by molar-refractivity contribution is -0.148. The minimum Gasteiger partial charge on any atom is -0.468 e. The van der Waals surface area contributed by atoms with Crippen LogP contribution in [0.4, 0.5) is 5.69 Å². The van der Waals surface area contributed by atoms with E-state index in [9.17, 15) is 9.59 Å². The van der Waals surface area contributed by atoms with Crippen molar-refractivity contribution in [2.24, 2.45) is 10.5 Å². The predicted octanol–water partition coefficient (Wildman–Crippen LogP) is 1.35. The van der Waals surface area contributed by atoms with Crippen molar-refractivity contribution >= 4 is 35.7 Å². The second-order valence-corrected chi connectivity index (χ2v) is 5.36. The number of amides is 1. The quantitative estimate of drug-likeness (QED) is 0.834. The summed E-state index contributed by atoms with van der Waals surface area (Å²) < 4.78 is 4.83. The number of hydrazone groups is 1. The molecular weight excluding hydrogens is 306 g/mol. The highest BCUT2D eigenvalue weighted by molar-refractivity contribution is 6.22. The average molecular weight is 324 g/mol. The summed E-state index contributed by atoms with van der Waals surface area (Å²) >= 11 is 0. The molecule has 22 heavy (non-hydrogen) atoms. The minimum atomic E-state index is -0.985. The molecule has 0 aromatic heterocycles. The first-order valence-corrected chi connectivity index (χ1v) is 6.88. The topological polar surface area (TPSA) is 71.0 Å². The number of esters is 1. The summed E-state index contributed by atoms with van der Waals surface area (Å²) in [6, 6.07) is 8.53. The molecule has 118 valence electrons. The number of halogens is 1. The number of hydrogen-bond donors (Lipinski definition) is 1. The number of benzene rings is 1. The van der Waals surface area contributed by atoms with Crippen molar-refractivity contribution in [3.05, 3.63) is 30.3 Å². The van der Waals surface area contributed by atoms with Crippen molar-refractivity contribution in [3.8, 4) is 0 Å². The van der Waals surface area contributed by atoms with Gasteiger partial charge < -0.3 is 10.1 Å². The molecule has 2 unspecified atom stereocenters. The normalized spacial score (nSPS) is 26.8. The van der Waals surface area contributed by atoms with Crippen LogP contribution in [0.1, 0.15) is 13.3 Å². The summed E-state index contributed by atoms with van der Waals surface area (Å²) in [4.78, 5) is 24.8. The van der Waals surface area contributed by atoms with E-state index >= 15 is 0 Å². The van der Waals surface area contributed by atoms with Crippen molar-refractivity contribution in [3.63, 3.8) is 0 Å². The number of hydrogen-bond acceptors (Lipinski definition) is 5. The van der Waals surface area contributed by atoms with Gasteiger partial charge in [-0.1, -0.05) is 18.2 Å². The van der Waals surface area contributed by atoms with Crippen LogP contribution in [-0.2, 0) is 14.3 Å². The highest BCUT2D eigenvalue weighted by Gasteiger charge is 2.57. The summed E-state index contributed by atoms with van der Waals surface area (Å²) in [6.45, 7) is 2.36. The molecule has 1 fully saturated rings. The van der Waals surface area contributed by atoms with Crippen LogP contribution >= 0.6 is 12.4 Å². The van der Waals surface area contributed by atoms with Crippen molar-refractivity contribution in [2.75, 3.05) is 18.7 Å². The van der Waals surface area contributed by atoms with Crippen LogP contribution < -0.4 is 10.3 Å². The zero-order valence-corrected chi connectivity index (χ0v) is 13.2. The monoisotopic (exact) mass is 323 g/mol. The highest BCUT2D eigenvalue weighted by atomic mass is 35.5. The van der Waals surface area contributed by atoms with Gasteiger partial charge in [0, 0.05) is 13.0 Å². The molecule has 1 aromatic rings. The Kier molecular flexibility index (Phi) is 4.53. The Hall–Kier alpha value is -1.92. The SMILES string of the molecule is COC(=O)C1NCCC2=NN(c3ccccc3)C(=O)C21C.Cl. The first-order valence-electron chi connectivity index (χ1n) is 6.88. The molecule has 0 saturated carbocycles. The van der Waals surface area contributed by atoms with Crippen LogP contribution in [0, 0.1) is 5.41 Å². The van der Waals surface area contributed by atoms with Gasteiger partial charge in [0.15, 0.2) is 0 Å². The van der Waals surface area contributed by atoms with Crippen molar-refractivity contribution in [2.45, 2.75) is 19.4 Å². The molecule has 1 saturated heterocycles. The lowest BCUT2D eigenvalue weighted by atomic mass is 9.74. The van der Waals surface area contributed by atoms with Gasteiger partial charge >= 0.3 is 5.97 Å². The standard InChI is InChI=1S/C15H17N3O3.ClH/c1-15-11(8-9-16-12(15)13(19)21-2)17-18(14(15)20)10-6-4-3-5-7-10;/h3-7,12,16H,8-9H2,1-2H3;1H. The number of ether oxygens (including phenoxy) is 1. The molecule has 0 radical (unpaired) electrons. The Morgan fingerprint density at radius 1 is 1.41 bits per heavy atom. The Bertz CT molecular complexity index is 620. The number of rotatable bonds is 2. The predicted molar refractivity (Wildman–Crippen MR) is 85.1 cm³/mol. The van der Waals surface area contributed by atoms with Gasteiger partial charge in [-0.25, -0.2) is 0 Å². The maximum atomic E-state index is 12.9. The van der Waals surface area contributed by atoms with Crippen molar-refractivity contribution in [1.29, 1.82) is 0 Å². The molecule has 2 aliphatic heterocycles. The molecule has 1 amide bonds. The van der Waals surface area contributed by atoms with Crippen LogP contribution in [-0.4, -0.2) is 37.3 Å². The first kappa shape index (κ1) is 16.5. The molecule has 2 atom stereocenters. The fourth-order valence-corrected chi connectivity index (χ4v) is 2.93. The van der Waals surface area contributed by atoms with E-state index in [1.54, 1.807) is 6.92 Å². The number of nitrogens with zero attached hydrogens (tertiary/aromatic N) is 2. The maximum Gasteiger partial charge on any atom is 0.324 e. The van der Waals surface area contributed by atoms with Gasteiger partial charge in [0.2, 0.25) is 0 Å². The van der Waals surface area contributed by atoms with E-state index in [-0.39, 0.29) is 18.3 Å². The summed E-state index contributed by atoms with van der Waals surface area (Å²) in [5.41, 5.74) is 0.445. The van der Waals surface area contributed by atoms with Gasteiger partial charge in [0.25, 0.3) is 5.91 Å². The summed E-state index contributed by atoms with van der Waals surface area (Å²) in [6.07, 6.45) is 0.638. The molecule has 3 rings (SSSR count).